The molecule has 0 aliphatic heterocycles. The van der Waals surface area contributed by atoms with E-state index in [-0.39, 0.29) is 11.3 Å². The summed E-state index contributed by atoms with van der Waals surface area (Å²) in [5.41, 5.74) is -0.357. The SMILES string of the molecule is CCOCCCNC(=NCC1(C(=O)N(C)C)CCCC1)NCCc1ccco1. The number of furan rings is 1. The lowest BCUT2D eigenvalue weighted by atomic mass is 9.85. The van der Waals surface area contributed by atoms with E-state index in [9.17, 15) is 4.79 Å². The molecule has 0 aromatic carbocycles. The Hall–Kier alpha value is -2.02. The predicted octanol–water partition coefficient (Wildman–Crippen LogP) is 2.43. The van der Waals surface area contributed by atoms with Gasteiger partial charge in [-0.2, -0.15) is 0 Å². The van der Waals surface area contributed by atoms with Gasteiger partial charge in [-0.1, -0.05) is 12.8 Å². The molecule has 0 radical (unpaired) electrons. The quantitative estimate of drug-likeness (QED) is 0.344. The van der Waals surface area contributed by atoms with Crippen LogP contribution < -0.4 is 10.6 Å². The summed E-state index contributed by atoms with van der Waals surface area (Å²) in [4.78, 5) is 19.3. The van der Waals surface area contributed by atoms with E-state index in [4.69, 9.17) is 14.1 Å². The highest BCUT2D eigenvalue weighted by atomic mass is 16.5. The molecular weight excluding hydrogens is 356 g/mol. The van der Waals surface area contributed by atoms with Crippen LogP contribution in [0.3, 0.4) is 0 Å². The van der Waals surface area contributed by atoms with Crippen molar-refractivity contribution < 1.29 is 13.9 Å². The molecule has 0 atom stereocenters. The van der Waals surface area contributed by atoms with Crippen LogP contribution in [0.25, 0.3) is 0 Å². The standard InChI is InChI=1S/C21H36N4O3/c1-4-27-15-8-13-22-20(23-14-10-18-9-7-16-28-18)24-17-21(11-5-6-12-21)19(26)25(2)3/h7,9,16H,4-6,8,10-15,17H2,1-3H3,(H2,22,23,24). The summed E-state index contributed by atoms with van der Waals surface area (Å²) in [7, 11) is 3.67. The zero-order valence-corrected chi connectivity index (χ0v) is 17.6. The third-order valence-corrected chi connectivity index (χ3v) is 5.17. The second kappa shape index (κ2) is 11.7. The van der Waals surface area contributed by atoms with Gasteiger partial charge >= 0.3 is 0 Å². The first-order chi connectivity index (χ1) is 13.6. The van der Waals surface area contributed by atoms with Crippen LogP contribution in [-0.2, 0) is 16.0 Å². The minimum atomic E-state index is -0.357. The van der Waals surface area contributed by atoms with Gasteiger partial charge in [0.1, 0.15) is 5.76 Å². The molecule has 7 nitrogen and oxygen atoms in total. The van der Waals surface area contributed by atoms with E-state index in [0.717, 1.165) is 76.5 Å². The molecule has 28 heavy (non-hydrogen) atoms. The van der Waals surface area contributed by atoms with E-state index in [1.807, 2.05) is 33.2 Å². The summed E-state index contributed by atoms with van der Waals surface area (Å²) in [6.45, 7) is 5.48. The maximum absolute atomic E-state index is 12.8. The highest BCUT2D eigenvalue weighted by Gasteiger charge is 2.42. The number of hydrogen-bond acceptors (Lipinski definition) is 4. The van der Waals surface area contributed by atoms with Gasteiger partial charge in [0.25, 0.3) is 0 Å². The van der Waals surface area contributed by atoms with E-state index in [2.05, 4.69) is 10.6 Å². The molecule has 1 aliphatic carbocycles. The maximum Gasteiger partial charge on any atom is 0.230 e. The predicted molar refractivity (Wildman–Crippen MR) is 111 cm³/mol. The van der Waals surface area contributed by atoms with Crippen LogP contribution in [0.4, 0.5) is 0 Å². The topological polar surface area (TPSA) is 79.1 Å². The van der Waals surface area contributed by atoms with Gasteiger partial charge in [0, 0.05) is 46.8 Å². The van der Waals surface area contributed by atoms with Crippen LogP contribution in [0, 0.1) is 5.41 Å². The van der Waals surface area contributed by atoms with Crippen LogP contribution in [0.2, 0.25) is 0 Å². The second-order valence-electron chi connectivity index (χ2n) is 7.59. The first kappa shape index (κ1) is 22.3. The fraction of sp³-hybridized carbons (Fsp3) is 0.714. The number of carbonyl (C=O) groups is 1. The molecule has 2 rings (SSSR count). The lowest BCUT2D eigenvalue weighted by molar-refractivity contribution is -0.138. The lowest BCUT2D eigenvalue weighted by Crippen LogP contribution is -2.43. The zero-order valence-electron chi connectivity index (χ0n) is 17.6. The van der Waals surface area contributed by atoms with Crippen LogP contribution >= 0.6 is 0 Å². The zero-order chi connectivity index (χ0) is 20.2. The first-order valence-electron chi connectivity index (χ1n) is 10.4. The van der Waals surface area contributed by atoms with Crippen molar-refractivity contribution in [1.82, 2.24) is 15.5 Å². The second-order valence-corrected chi connectivity index (χ2v) is 7.59. The normalized spacial score (nSPS) is 16.2. The summed E-state index contributed by atoms with van der Waals surface area (Å²) >= 11 is 0. The monoisotopic (exact) mass is 392 g/mol. The van der Waals surface area contributed by atoms with Crippen molar-refractivity contribution >= 4 is 11.9 Å². The molecule has 1 saturated carbocycles. The third kappa shape index (κ3) is 6.86. The van der Waals surface area contributed by atoms with E-state index >= 15 is 0 Å². The molecule has 0 bridgehead atoms. The molecule has 0 saturated heterocycles. The highest BCUT2D eigenvalue weighted by Crippen LogP contribution is 2.39. The number of amides is 1. The number of ether oxygens (including phenoxy) is 1. The number of nitrogens with zero attached hydrogens (tertiary/aromatic N) is 2. The van der Waals surface area contributed by atoms with Crippen molar-refractivity contribution in [3.05, 3.63) is 24.2 Å². The summed E-state index contributed by atoms with van der Waals surface area (Å²) in [5.74, 6) is 1.89. The van der Waals surface area contributed by atoms with Gasteiger partial charge in [-0.25, -0.2) is 0 Å². The molecular formula is C21H36N4O3. The average Bonchev–Trinajstić information content (AvgIpc) is 3.37. The molecule has 1 aromatic rings. The van der Waals surface area contributed by atoms with Crippen molar-refractivity contribution in [2.45, 2.75) is 45.4 Å². The first-order valence-corrected chi connectivity index (χ1v) is 10.4. The van der Waals surface area contributed by atoms with E-state index in [1.54, 1.807) is 11.2 Å². The molecule has 2 N–H and O–H groups in total. The maximum atomic E-state index is 12.8. The molecule has 1 amide bonds. The Bertz CT molecular complexity index is 593. The number of nitrogens with one attached hydrogen (secondary N) is 2. The molecule has 1 aliphatic rings. The van der Waals surface area contributed by atoms with Gasteiger partial charge in [-0.15, -0.1) is 0 Å². The minimum Gasteiger partial charge on any atom is -0.469 e. The van der Waals surface area contributed by atoms with Crippen LogP contribution in [0.1, 0.15) is 44.8 Å². The Morgan fingerprint density at radius 2 is 2.04 bits per heavy atom. The van der Waals surface area contributed by atoms with Crippen molar-refractivity contribution in [3.8, 4) is 0 Å². The van der Waals surface area contributed by atoms with E-state index < -0.39 is 0 Å². The number of aliphatic imine (C=N–C) groups is 1. The molecule has 1 aromatic heterocycles. The smallest absolute Gasteiger partial charge is 0.230 e. The largest absolute Gasteiger partial charge is 0.469 e. The Balaban J connectivity index is 1.95. The summed E-state index contributed by atoms with van der Waals surface area (Å²) in [5, 5.41) is 6.74. The number of carbonyl (C=O) groups excluding carboxylic acids is 1. The summed E-state index contributed by atoms with van der Waals surface area (Å²) in [6, 6.07) is 3.87. The average molecular weight is 393 g/mol. The van der Waals surface area contributed by atoms with Crippen LogP contribution in [0.15, 0.2) is 27.8 Å². The summed E-state index contributed by atoms with van der Waals surface area (Å²) < 4.78 is 10.8. The van der Waals surface area contributed by atoms with Gasteiger partial charge < -0.3 is 24.7 Å². The molecule has 158 valence electrons. The molecule has 1 fully saturated rings. The Kier molecular flexibility index (Phi) is 9.34. The minimum absolute atomic E-state index is 0.194. The number of hydrogen-bond donors (Lipinski definition) is 2. The van der Waals surface area contributed by atoms with Crippen molar-refractivity contribution in [2.75, 3.05) is 46.9 Å². The van der Waals surface area contributed by atoms with Crippen LogP contribution in [-0.4, -0.2) is 63.7 Å². The fourth-order valence-electron chi connectivity index (χ4n) is 3.65. The lowest BCUT2D eigenvalue weighted by Gasteiger charge is -2.29. The highest BCUT2D eigenvalue weighted by molar-refractivity contribution is 5.84. The van der Waals surface area contributed by atoms with Crippen molar-refractivity contribution in [3.63, 3.8) is 0 Å². The molecule has 1 heterocycles. The summed E-state index contributed by atoms with van der Waals surface area (Å²) in [6.07, 6.45) is 7.40. The molecule has 0 unspecified atom stereocenters. The fourth-order valence-corrected chi connectivity index (χ4v) is 3.65. The van der Waals surface area contributed by atoms with Gasteiger partial charge in [0.2, 0.25) is 5.91 Å². The molecule has 7 heteroatoms. The van der Waals surface area contributed by atoms with E-state index in [1.165, 1.54) is 0 Å². The van der Waals surface area contributed by atoms with Crippen LogP contribution in [0.5, 0.6) is 0 Å². The Morgan fingerprint density at radius 3 is 2.68 bits per heavy atom. The third-order valence-electron chi connectivity index (χ3n) is 5.17. The number of guanidine groups is 1. The van der Waals surface area contributed by atoms with Crippen molar-refractivity contribution in [2.24, 2.45) is 10.4 Å². The Labute approximate surface area is 168 Å². The van der Waals surface area contributed by atoms with Gasteiger partial charge in [-0.3, -0.25) is 9.79 Å². The van der Waals surface area contributed by atoms with Crippen molar-refractivity contribution in [1.29, 1.82) is 0 Å². The number of rotatable bonds is 11. The van der Waals surface area contributed by atoms with E-state index in [0.29, 0.717) is 6.54 Å². The molecule has 0 spiro atoms. The van der Waals surface area contributed by atoms with Gasteiger partial charge in [0.15, 0.2) is 5.96 Å². The Morgan fingerprint density at radius 1 is 1.29 bits per heavy atom. The van der Waals surface area contributed by atoms with Gasteiger partial charge in [-0.05, 0) is 38.3 Å². The van der Waals surface area contributed by atoms with Gasteiger partial charge in [0.05, 0.1) is 18.2 Å².